The normalized spacial score (nSPS) is 15.2. The van der Waals surface area contributed by atoms with E-state index in [0.29, 0.717) is 12.1 Å². The maximum absolute atomic E-state index is 11.7. The van der Waals surface area contributed by atoms with Crippen LogP contribution in [0.5, 0.6) is 0 Å². The number of nitro groups is 1. The summed E-state index contributed by atoms with van der Waals surface area (Å²) in [5, 5.41) is 31.3. The van der Waals surface area contributed by atoms with Gasteiger partial charge in [-0.2, -0.15) is 0 Å². The van der Waals surface area contributed by atoms with Crippen molar-refractivity contribution in [1.29, 1.82) is 0 Å². The zero-order valence-corrected chi connectivity index (χ0v) is 18.3. The number of fused-ring (bicyclic) bond motifs is 2. The Balaban J connectivity index is 1.56. The Morgan fingerprint density at radius 1 is 1.21 bits per heavy atom. The van der Waals surface area contributed by atoms with Crippen LogP contribution in [0.3, 0.4) is 0 Å². The summed E-state index contributed by atoms with van der Waals surface area (Å²) in [6.45, 7) is 1.22. The Morgan fingerprint density at radius 2 is 2.03 bits per heavy atom. The van der Waals surface area contributed by atoms with Gasteiger partial charge in [0, 0.05) is 54.3 Å². The minimum atomic E-state index is -0.575. The molecule has 0 bridgehead atoms. The molecule has 0 saturated heterocycles. The number of carbonyl (C=O) groups excluding carboxylic acids is 1. The lowest BCUT2D eigenvalue weighted by molar-refractivity contribution is -0.385. The van der Waals surface area contributed by atoms with Gasteiger partial charge in [-0.25, -0.2) is 5.48 Å². The van der Waals surface area contributed by atoms with Crippen LogP contribution in [-0.2, 0) is 24.1 Å². The van der Waals surface area contributed by atoms with Crippen molar-refractivity contribution in [3.05, 3.63) is 75.0 Å². The molecule has 1 aromatic heterocycles. The number of nitrogens with one attached hydrogen (secondary N) is 2. The van der Waals surface area contributed by atoms with Crippen molar-refractivity contribution in [3.8, 4) is 0 Å². The number of aromatic amines is 1. The van der Waals surface area contributed by atoms with Gasteiger partial charge in [-0.1, -0.05) is 18.2 Å². The molecule has 1 amide bonds. The van der Waals surface area contributed by atoms with Crippen molar-refractivity contribution in [2.45, 2.75) is 38.1 Å². The van der Waals surface area contributed by atoms with Gasteiger partial charge in [-0.3, -0.25) is 25.0 Å². The molecule has 2 aromatic carbocycles. The van der Waals surface area contributed by atoms with Gasteiger partial charge in [0.05, 0.1) is 11.5 Å². The molecule has 4 rings (SSSR count). The number of amides is 1. The number of nitro benzene ring substituents is 1. The quantitative estimate of drug-likeness (QED) is 0.212. The third kappa shape index (κ3) is 4.90. The first-order chi connectivity index (χ1) is 16.0. The molecule has 0 spiro atoms. The molecule has 4 N–H and O–H groups in total. The van der Waals surface area contributed by atoms with Crippen molar-refractivity contribution in [2.75, 3.05) is 19.7 Å². The number of hydrogen-bond acceptors (Lipinski definition) is 6. The highest BCUT2D eigenvalue weighted by Gasteiger charge is 2.31. The molecule has 9 nitrogen and oxygen atoms in total. The first-order valence-electron chi connectivity index (χ1n) is 11.1. The molecule has 1 heterocycles. The fraction of sp³-hybridized carbons (Fsp3) is 0.375. The van der Waals surface area contributed by atoms with Gasteiger partial charge in [0.25, 0.3) is 5.69 Å². The number of benzene rings is 2. The average Bonchev–Trinajstić information content (AvgIpc) is 3.43. The summed E-state index contributed by atoms with van der Waals surface area (Å²) < 4.78 is 0. The topological polar surface area (TPSA) is 132 Å². The second kappa shape index (κ2) is 10.1. The van der Waals surface area contributed by atoms with Crippen LogP contribution in [-0.4, -0.2) is 50.7 Å². The fourth-order valence-corrected chi connectivity index (χ4v) is 4.88. The number of hydrogen-bond donors (Lipinski definition) is 4. The monoisotopic (exact) mass is 452 g/mol. The first kappa shape index (κ1) is 22.9. The summed E-state index contributed by atoms with van der Waals surface area (Å²) in [6.07, 6.45) is 4.58. The molecule has 33 heavy (non-hydrogen) atoms. The van der Waals surface area contributed by atoms with Crippen LogP contribution in [0.2, 0.25) is 0 Å². The van der Waals surface area contributed by atoms with Crippen LogP contribution in [0.15, 0.2) is 42.6 Å². The van der Waals surface area contributed by atoms with Crippen LogP contribution >= 0.6 is 0 Å². The van der Waals surface area contributed by atoms with Gasteiger partial charge < -0.3 is 10.1 Å². The van der Waals surface area contributed by atoms with E-state index in [1.165, 1.54) is 10.9 Å². The lowest BCUT2D eigenvalue weighted by atomic mass is 9.98. The van der Waals surface area contributed by atoms with Crippen molar-refractivity contribution in [3.63, 3.8) is 0 Å². The molecule has 0 radical (unpaired) electrons. The van der Waals surface area contributed by atoms with E-state index in [4.69, 9.17) is 5.21 Å². The third-order valence-electron chi connectivity index (χ3n) is 6.50. The number of rotatable bonds is 10. The average molecular weight is 453 g/mol. The summed E-state index contributed by atoms with van der Waals surface area (Å²) in [5.41, 5.74) is 6.31. The van der Waals surface area contributed by atoms with E-state index in [0.717, 1.165) is 42.5 Å². The maximum atomic E-state index is 11.7. The standard InChI is InChI=1S/C24H28N4O5/c29-12-11-27(10-9-18-15-25-21-4-2-1-3-19(18)21)22-7-5-16-13-17(6-8-24(30)26-31)23(28(32)33)14-20(16)22/h1-4,13-15,22,25,29,31H,5-12H2,(H,26,30). The van der Waals surface area contributed by atoms with Crippen molar-refractivity contribution >= 4 is 22.5 Å². The van der Waals surface area contributed by atoms with Gasteiger partial charge in [0.1, 0.15) is 0 Å². The smallest absolute Gasteiger partial charge is 0.272 e. The molecule has 9 heteroatoms. The Bertz CT molecular complexity index is 1160. The molecule has 1 aliphatic carbocycles. The Hall–Kier alpha value is -3.27. The molecule has 3 aromatic rings. The predicted octanol–water partition coefficient (Wildman–Crippen LogP) is 3.04. The molecule has 1 atom stereocenters. The Labute approximate surface area is 191 Å². The number of aliphatic hydroxyl groups excluding tert-OH is 1. The highest BCUT2D eigenvalue weighted by Crippen LogP contribution is 2.39. The second-order valence-corrected chi connectivity index (χ2v) is 8.40. The lowest BCUT2D eigenvalue weighted by Gasteiger charge is -2.29. The highest BCUT2D eigenvalue weighted by atomic mass is 16.6. The van der Waals surface area contributed by atoms with E-state index in [9.17, 15) is 20.0 Å². The van der Waals surface area contributed by atoms with E-state index in [1.807, 2.05) is 30.5 Å². The van der Waals surface area contributed by atoms with E-state index >= 15 is 0 Å². The summed E-state index contributed by atoms with van der Waals surface area (Å²) in [5.74, 6) is -0.575. The number of para-hydroxylation sites is 1. The second-order valence-electron chi connectivity index (χ2n) is 8.40. The Morgan fingerprint density at radius 3 is 2.79 bits per heavy atom. The van der Waals surface area contributed by atoms with E-state index in [2.05, 4.69) is 16.0 Å². The van der Waals surface area contributed by atoms with Gasteiger partial charge in [-0.15, -0.1) is 0 Å². The summed E-state index contributed by atoms with van der Waals surface area (Å²) >= 11 is 0. The molecular formula is C24H28N4O5. The summed E-state index contributed by atoms with van der Waals surface area (Å²) in [6, 6.07) is 11.6. The minimum Gasteiger partial charge on any atom is -0.395 e. The molecule has 174 valence electrons. The molecule has 1 aliphatic rings. The van der Waals surface area contributed by atoms with Crippen molar-refractivity contribution in [1.82, 2.24) is 15.4 Å². The fourth-order valence-electron chi connectivity index (χ4n) is 4.88. The number of nitrogens with zero attached hydrogens (tertiary/aromatic N) is 2. The van der Waals surface area contributed by atoms with E-state index < -0.39 is 10.8 Å². The molecule has 1 unspecified atom stereocenters. The first-order valence-corrected chi connectivity index (χ1v) is 11.1. The number of carbonyl (C=O) groups is 1. The van der Waals surface area contributed by atoms with Crippen LogP contribution in [0.1, 0.15) is 41.1 Å². The predicted molar refractivity (Wildman–Crippen MR) is 123 cm³/mol. The molecular weight excluding hydrogens is 424 g/mol. The van der Waals surface area contributed by atoms with Crippen LogP contribution in [0.25, 0.3) is 10.9 Å². The zero-order valence-electron chi connectivity index (χ0n) is 18.3. The highest BCUT2D eigenvalue weighted by molar-refractivity contribution is 5.83. The number of hydroxylamine groups is 1. The Kier molecular flexibility index (Phi) is 7.02. The zero-order chi connectivity index (χ0) is 23.4. The molecule has 0 saturated carbocycles. The lowest BCUT2D eigenvalue weighted by Crippen LogP contribution is -2.32. The number of H-pyrrole nitrogens is 1. The van der Waals surface area contributed by atoms with Crippen molar-refractivity contribution in [2.24, 2.45) is 0 Å². The minimum absolute atomic E-state index is 0.00744. The maximum Gasteiger partial charge on any atom is 0.272 e. The van der Waals surface area contributed by atoms with Gasteiger partial charge in [0.15, 0.2) is 0 Å². The third-order valence-corrected chi connectivity index (χ3v) is 6.50. The van der Waals surface area contributed by atoms with Gasteiger partial charge >= 0.3 is 0 Å². The van der Waals surface area contributed by atoms with Crippen LogP contribution < -0.4 is 5.48 Å². The number of aryl methyl sites for hydroxylation is 2. The molecule has 0 aliphatic heterocycles. The van der Waals surface area contributed by atoms with Gasteiger partial charge in [0.2, 0.25) is 5.91 Å². The largest absolute Gasteiger partial charge is 0.395 e. The van der Waals surface area contributed by atoms with Crippen LogP contribution in [0.4, 0.5) is 5.69 Å². The van der Waals surface area contributed by atoms with Gasteiger partial charge in [-0.05, 0) is 54.5 Å². The molecule has 0 fully saturated rings. The SMILES string of the molecule is O=C(CCc1cc2c(cc1[N+](=O)[O-])C(N(CCO)CCc1c[nH]c3ccccc13)CC2)NO. The summed E-state index contributed by atoms with van der Waals surface area (Å²) in [4.78, 5) is 28.2. The van der Waals surface area contributed by atoms with Crippen molar-refractivity contribution < 1.29 is 20.0 Å². The van der Waals surface area contributed by atoms with Crippen LogP contribution in [0, 0.1) is 10.1 Å². The van der Waals surface area contributed by atoms with E-state index in [-0.39, 0.29) is 31.2 Å². The van der Waals surface area contributed by atoms with E-state index in [1.54, 1.807) is 11.5 Å². The summed E-state index contributed by atoms with van der Waals surface area (Å²) in [7, 11) is 0. The number of aromatic nitrogens is 1. The number of aliphatic hydroxyl groups is 1.